The van der Waals surface area contributed by atoms with Gasteiger partial charge in [0.05, 0.1) is 17.1 Å². The molecule has 1 rings (SSSR count). The maximum Gasteiger partial charge on any atom is 0.416 e. The summed E-state index contributed by atoms with van der Waals surface area (Å²) in [6.45, 7) is 3.77. The number of nitrogens with zero attached hydrogens (tertiary/aromatic N) is 2. The molecule has 0 aromatic heterocycles. The fourth-order valence-electron chi connectivity index (χ4n) is 2.00. The van der Waals surface area contributed by atoms with Crippen molar-refractivity contribution < 1.29 is 26.4 Å². The molecule has 0 aliphatic carbocycles. The molecule has 5 nitrogen and oxygen atoms in total. The number of hydrogen-bond acceptors (Lipinski definition) is 3. The lowest BCUT2D eigenvalue weighted by molar-refractivity contribution is -0.137. The van der Waals surface area contributed by atoms with Crippen molar-refractivity contribution in [1.29, 1.82) is 0 Å². The van der Waals surface area contributed by atoms with Gasteiger partial charge >= 0.3 is 6.18 Å². The minimum atomic E-state index is -4.70. The second-order valence-corrected chi connectivity index (χ2v) is 7.39. The molecule has 0 spiro atoms. The third-order valence-corrected chi connectivity index (χ3v) is 5.71. The van der Waals surface area contributed by atoms with Crippen molar-refractivity contribution in [2.75, 3.05) is 26.7 Å². The lowest BCUT2D eigenvalue weighted by Gasteiger charge is -2.23. The zero-order chi connectivity index (χ0) is 18.7. The van der Waals surface area contributed by atoms with Gasteiger partial charge in [-0.2, -0.15) is 17.5 Å². The SMILES string of the molecule is CCN(CC)C(=O)CN(C)S(=O)(=O)c1cc(C(F)(F)F)ccc1Cl. The van der Waals surface area contributed by atoms with Crippen LogP contribution in [0.3, 0.4) is 0 Å². The van der Waals surface area contributed by atoms with Crippen LogP contribution in [0.15, 0.2) is 23.1 Å². The second kappa shape index (κ2) is 7.71. The van der Waals surface area contributed by atoms with E-state index in [-0.39, 0.29) is 5.02 Å². The van der Waals surface area contributed by atoms with Gasteiger partial charge in [0, 0.05) is 20.1 Å². The first kappa shape index (κ1) is 20.7. The molecule has 1 aromatic rings. The van der Waals surface area contributed by atoms with Gasteiger partial charge in [-0.3, -0.25) is 4.79 Å². The molecule has 0 aliphatic rings. The number of carbonyl (C=O) groups excluding carboxylic acids is 1. The Labute approximate surface area is 144 Å². The molecule has 10 heteroatoms. The minimum Gasteiger partial charge on any atom is -0.342 e. The Kier molecular flexibility index (Phi) is 6.66. The van der Waals surface area contributed by atoms with Crippen LogP contribution < -0.4 is 0 Å². The zero-order valence-corrected chi connectivity index (χ0v) is 15.0. The van der Waals surface area contributed by atoms with Crippen molar-refractivity contribution in [3.05, 3.63) is 28.8 Å². The molecule has 0 saturated heterocycles. The summed E-state index contributed by atoms with van der Waals surface area (Å²) in [5.74, 6) is -0.450. The largest absolute Gasteiger partial charge is 0.416 e. The molecule has 0 bridgehead atoms. The van der Waals surface area contributed by atoms with Gasteiger partial charge in [0.1, 0.15) is 4.90 Å². The smallest absolute Gasteiger partial charge is 0.342 e. The lowest BCUT2D eigenvalue weighted by atomic mass is 10.2. The fourth-order valence-corrected chi connectivity index (χ4v) is 3.61. The molecule has 0 N–H and O–H groups in total. The topological polar surface area (TPSA) is 57.7 Å². The van der Waals surface area contributed by atoms with E-state index in [1.165, 1.54) is 4.90 Å². The standard InChI is InChI=1S/C14H18ClF3N2O3S/c1-4-20(5-2)13(21)9-19(3)24(22,23)12-8-10(14(16,17)18)6-7-11(12)15/h6-8H,4-5,9H2,1-3H3. The molecule has 0 fully saturated rings. The number of rotatable bonds is 6. The second-order valence-electron chi connectivity index (χ2n) is 4.97. The summed E-state index contributed by atoms with van der Waals surface area (Å²) in [5, 5.41) is -0.342. The van der Waals surface area contributed by atoms with Crippen LogP contribution in [0.5, 0.6) is 0 Å². The third-order valence-electron chi connectivity index (χ3n) is 3.42. The molecular weight excluding hydrogens is 369 g/mol. The van der Waals surface area contributed by atoms with Crippen LogP contribution in [0.2, 0.25) is 5.02 Å². The molecule has 136 valence electrons. The summed E-state index contributed by atoms with van der Waals surface area (Å²) in [5.41, 5.74) is -1.13. The molecule has 0 radical (unpaired) electrons. The molecule has 0 unspecified atom stereocenters. The van der Waals surface area contributed by atoms with Crippen molar-refractivity contribution in [3.8, 4) is 0 Å². The van der Waals surface area contributed by atoms with Crippen LogP contribution in [0.4, 0.5) is 13.2 Å². The first-order valence-corrected chi connectivity index (χ1v) is 8.87. The van der Waals surface area contributed by atoms with Crippen molar-refractivity contribution >= 4 is 27.5 Å². The Hall–Kier alpha value is -1.32. The van der Waals surface area contributed by atoms with Crippen LogP contribution in [-0.4, -0.2) is 50.2 Å². The van der Waals surface area contributed by atoms with Gasteiger partial charge in [0.2, 0.25) is 15.9 Å². The Morgan fingerprint density at radius 1 is 1.21 bits per heavy atom. The molecule has 24 heavy (non-hydrogen) atoms. The van der Waals surface area contributed by atoms with E-state index in [1.807, 2.05) is 0 Å². The average molecular weight is 387 g/mol. The van der Waals surface area contributed by atoms with E-state index >= 15 is 0 Å². The van der Waals surface area contributed by atoms with Gasteiger partial charge in [0.25, 0.3) is 0 Å². The number of hydrogen-bond donors (Lipinski definition) is 0. The van der Waals surface area contributed by atoms with E-state index in [2.05, 4.69) is 0 Å². The molecule has 1 aromatic carbocycles. The molecule has 1 amide bonds. The van der Waals surface area contributed by atoms with Crippen LogP contribution >= 0.6 is 11.6 Å². The Morgan fingerprint density at radius 2 is 1.75 bits per heavy atom. The highest BCUT2D eigenvalue weighted by atomic mass is 35.5. The monoisotopic (exact) mass is 386 g/mol. The summed E-state index contributed by atoms with van der Waals surface area (Å²) in [6, 6.07) is 2.04. The van der Waals surface area contributed by atoms with Crippen LogP contribution in [0.25, 0.3) is 0 Å². The summed E-state index contributed by atoms with van der Waals surface area (Å²) >= 11 is 5.76. The van der Waals surface area contributed by atoms with E-state index in [9.17, 15) is 26.4 Å². The first-order valence-electron chi connectivity index (χ1n) is 7.06. The van der Waals surface area contributed by atoms with Gasteiger partial charge in [-0.25, -0.2) is 8.42 Å². The van der Waals surface area contributed by atoms with Crippen LogP contribution in [0, 0.1) is 0 Å². The van der Waals surface area contributed by atoms with E-state index in [1.54, 1.807) is 13.8 Å². The maximum atomic E-state index is 12.8. The number of likely N-dealkylation sites (N-methyl/N-ethyl adjacent to an activating group) is 2. The normalized spacial score (nSPS) is 12.5. The lowest BCUT2D eigenvalue weighted by Crippen LogP contribution is -2.41. The van der Waals surface area contributed by atoms with E-state index < -0.39 is 39.1 Å². The van der Waals surface area contributed by atoms with E-state index in [4.69, 9.17) is 11.6 Å². The molecule has 0 atom stereocenters. The summed E-state index contributed by atoms with van der Waals surface area (Å²) in [6.07, 6.45) is -4.70. The highest BCUT2D eigenvalue weighted by Gasteiger charge is 2.34. The molecule has 0 aliphatic heterocycles. The van der Waals surface area contributed by atoms with Crippen LogP contribution in [0.1, 0.15) is 19.4 Å². The van der Waals surface area contributed by atoms with Crippen LogP contribution in [-0.2, 0) is 21.0 Å². The average Bonchev–Trinajstić information content (AvgIpc) is 2.47. The Morgan fingerprint density at radius 3 is 2.21 bits per heavy atom. The third kappa shape index (κ3) is 4.61. The maximum absolute atomic E-state index is 12.8. The zero-order valence-electron chi connectivity index (χ0n) is 13.4. The van der Waals surface area contributed by atoms with Gasteiger partial charge in [-0.15, -0.1) is 0 Å². The molecule has 0 heterocycles. The van der Waals surface area contributed by atoms with Gasteiger partial charge in [0.15, 0.2) is 0 Å². The minimum absolute atomic E-state index is 0.342. The van der Waals surface area contributed by atoms with Gasteiger partial charge in [-0.05, 0) is 32.0 Å². The van der Waals surface area contributed by atoms with Gasteiger partial charge < -0.3 is 4.90 Å². The Balaban J connectivity index is 3.18. The predicted molar refractivity (Wildman–Crippen MR) is 84.2 cm³/mol. The van der Waals surface area contributed by atoms with Gasteiger partial charge in [-0.1, -0.05) is 11.6 Å². The molecular formula is C14H18ClF3N2O3S. The summed E-state index contributed by atoms with van der Waals surface area (Å²) in [4.78, 5) is 12.7. The number of sulfonamides is 1. The number of alkyl halides is 3. The highest BCUT2D eigenvalue weighted by Crippen LogP contribution is 2.34. The Bertz CT molecular complexity index is 704. The molecule has 0 saturated carbocycles. The first-order chi connectivity index (χ1) is 10.9. The fraction of sp³-hybridized carbons (Fsp3) is 0.500. The van der Waals surface area contributed by atoms with E-state index in [0.29, 0.717) is 29.5 Å². The van der Waals surface area contributed by atoms with E-state index in [0.717, 1.165) is 13.1 Å². The number of carbonyl (C=O) groups is 1. The quantitative estimate of drug-likeness (QED) is 0.755. The number of benzene rings is 1. The van der Waals surface area contributed by atoms with Crippen molar-refractivity contribution in [1.82, 2.24) is 9.21 Å². The number of halogens is 4. The summed E-state index contributed by atoms with van der Waals surface area (Å²) < 4.78 is 64.0. The summed E-state index contributed by atoms with van der Waals surface area (Å²) in [7, 11) is -3.23. The van der Waals surface area contributed by atoms with Crippen molar-refractivity contribution in [3.63, 3.8) is 0 Å². The number of amides is 1. The van der Waals surface area contributed by atoms with Crippen molar-refractivity contribution in [2.24, 2.45) is 0 Å². The highest BCUT2D eigenvalue weighted by molar-refractivity contribution is 7.89. The predicted octanol–water partition coefficient (Wildman–Crippen LogP) is 2.85. The van der Waals surface area contributed by atoms with Crippen molar-refractivity contribution in [2.45, 2.75) is 24.9 Å².